The summed E-state index contributed by atoms with van der Waals surface area (Å²) in [5.41, 5.74) is 1.04. The van der Waals surface area contributed by atoms with E-state index >= 15 is 0 Å². The van der Waals surface area contributed by atoms with Gasteiger partial charge in [-0.2, -0.15) is 0 Å². The van der Waals surface area contributed by atoms with Crippen LogP contribution >= 0.6 is 0 Å². The van der Waals surface area contributed by atoms with E-state index in [9.17, 15) is 14.7 Å². The lowest BCUT2D eigenvalue weighted by atomic mass is 9.84. The number of carbonyl (C=O) groups excluding carboxylic acids is 1. The van der Waals surface area contributed by atoms with Crippen LogP contribution in [0.4, 0.5) is 0 Å². The number of carboxylic acids is 1. The van der Waals surface area contributed by atoms with Gasteiger partial charge in [-0.15, -0.1) is 0 Å². The molecule has 0 saturated carbocycles. The van der Waals surface area contributed by atoms with Gasteiger partial charge in [0, 0.05) is 17.2 Å². The van der Waals surface area contributed by atoms with E-state index < -0.39 is 5.97 Å². The van der Waals surface area contributed by atoms with Gasteiger partial charge in [0.2, 0.25) is 0 Å². The Kier molecular flexibility index (Phi) is 15.5. The zero-order valence-corrected chi connectivity index (χ0v) is 19.9. The third-order valence-electron chi connectivity index (χ3n) is 6.06. The molecule has 0 radical (unpaired) electrons. The summed E-state index contributed by atoms with van der Waals surface area (Å²) in [5.74, 6) is -1.15. The number of carbonyl (C=O) groups is 2. The van der Waals surface area contributed by atoms with Crippen molar-refractivity contribution in [3.63, 3.8) is 0 Å². The zero-order valence-electron chi connectivity index (χ0n) is 19.9. The average molecular weight is 429 g/mol. The van der Waals surface area contributed by atoms with Gasteiger partial charge in [-0.1, -0.05) is 128 Å². The third kappa shape index (κ3) is 12.5. The zero-order chi connectivity index (χ0) is 22.7. The highest BCUT2D eigenvalue weighted by atomic mass is 16.4. The highest BCUT2D eigenvalue weighted by molar-refractivity contribution is 6.11. The first-order chi connectivity index (χ1) is 15.1. The molecule has 1 aromatic rings. The monoisotopic (exact) mass is 428 g/mol. The normalized spacial score (nSPS) is 12.6. The largest absolute Gasteiger partial charge is 0.478 e. The molecule has 0 amide bonds. The second-order valence-corrected chi connectivity index (χ2v) is 8.80. The summed E-state index contributed by atoms with van der Waals surface area (Å²) in [5, 5.41) is 9.34. The fourth-order valence-corrected chi connectivity index (χ4v) is 4.29. The van der Waals surface area contributed by atoms with Crippen molar-refractivity contribution in [2.24, 2.45) is 5.92 Å². The molecule has 1 rings (SSSR count). The van der Waals surface area contributed by atoms with Crippen LogP contribution in [0.5, 0.6) is 0 Å². The lowest BCUT2D eigenvalue weighted by Crippen LogP contribution is -2.16. The molecule has 0 spiro atoms. The first-order valence-corrected chi connectivity index (χ1v) is 12.6. The summed E-state index contributed by atoms with van der Waals surface area (Å²) in [6.07, 6.45) is 19.5. The molecule has 174 valence electrons. The maximum atomic E-state index is 13.0. The van der Waals surface area contributed by atoms with E-state index in [0.717, 1.165) is 38.2 Å². The number of ketones is 1. The Morgan fingerprint density at radius 2 is 1.26 bits per heavy atom. The van der Waals surface area contributed by atoms with E-state index in [1.807, 2.05) is 18.2 Å². The van der Waals surface area contributed by atoms with Crippen molar-refractivity contribution < 1.29 is 14.7 Å². The van der Waals surface area contributed by atoms with Crippen molar-refractivity contribution >= 4 is 11.8 Å². The summed E-state index contributed by atoms with van der Waals surface area (Å²) in [7, 11) is 0. The number of hydrogen-bond acceptors (Lipinski definition) is 2. The van der Waals surface area contributed by atoms with Crippen LogP contribution < -0.4 is 0 Å². The summed E-state index contributed by atoms with van der Waals surface area (Å²) in [4.78, 5) is 24.4. The smallest absolute Gasteiger partial charge is 0.328 e. The van der Waals surface area contributed by atoms with E-state index in [1.165, 1.54) is 64.2 Å². The van der Waals surface area contributed by atoms with Crippen LogP contribution in [-0.4, -0.2) is 16.9 Å². The highest BCUT2D eigenvalue weighted by Gasteiger charge is 2.22. The first-order valence-electron chi connectivity index (χ1n) is 12.6. The number of carboxylic acid groups (broad SMARTS) is 1. The fraction of sp³-hybridized carbons (Fsp3) is 0.643. The van der Waals surface area contributed by atoms with Crippen LogP contribution in [0.2, 0.25) is 0 Å². The predicted molar refractivity (Wildman–Crippen MR) is 131 cm³/mol. The van der Waals surface area contributed by atoms with Gasteiger partial charge in [-0.3, -0.25) is 4.79 Å². The van der Waals surface area contributed by atoms with E-state index in [1.54, 1.807) is 12.1 Å². The minimum Gasteiger partial charge on any atom is -0.478 e. The number of aliphatic carboxylic acids is 1. The van der Waals surface area contributed by atoms with Crippen LogP contribution in [0.1, 0.15) is 121 Å². The molecule has 0 fully saturated rings. The Hall–Kier alpha value is -1.90. The molecule has 3 heteroatoms. The Morgan fingerprint density at radius 1 is 0.742 bits per heavy atom. The molecular weight excluding hydrogens is 384 g/mol. The van der Waals surface area contributed by atoms with E-state index in [-0.39, 0.29) is 11.7 Å². The molecule has 0 aliphatic heterocycles. The molecule has 0 aliphatic rings. The second-order valence-electron chi connectivity index (χ2n) is 8.80. The minimum absolute atomic E-state index is 0.0249. The molecule has 1 N–H and O–H groups in total. The van der Waals surface area contributed by atoms with Crippen LogP contribution in [0.3, 0.4) is 0 Å². The van der Waals surface area contributed by atoms with Crippen molar-refractivity contribution in [1.82, 2.24) is 0 Å². The lowest BCUT2D eigenvalue weighted by molar-refractivity contribution is -0.131. The third-order valence-corrected chi connectivity index (χ3v) is 6.06. The van der Waals surface area contributed by atoms with Gasteiger partial charge >= 0.3 is 5.97 Å². The lowest BCUT2D eigenvalue weighted by Gasteiger charge is -2.19. The van der Waals surface area contributed by atoms with Gasteiger partial charge in [0.05, 0.1) is 0 Å². The molecule has 1 atom stereocenters. The maximum Gasteiger partial charge on any atom is 0.328 e. The molecule has 3 nitrogen and oxygen atoms in total. The predicted octanol–water partition coefficient (Wildman–Crippen LogP) is 8.39. The molecule has 0 saturated heterocycles. The Bertz CT molecular complexity index is 633. The summed E-state index contributed by atoms with van der Waals surface area (Å²) < 4.78 is 0. The maximum absolute atomic E-state index is 13.0. The van der Waals surface area contributed by atoms with Crippen molar-refractivity contribution in [2.75, 3.05) is 0 Å². The molecule has 0 unspecified atom stereocenters. The highest BCUT2D eigenvalue weighted by Crippen LogP contribution is 2.27. The van der Waals surface area contributed by atoms with Crippen LogP contribution in [0.15, 0.2) is 42.0 Å². The molecular formula is C28H44O3. The molecule has 0 aliphatic carbocycles. The minimum atomic E-state index is -1.03. The van der Waals surface area contributed by atoms with Crippen molar-refractivity contribution in [3.05, 3.63) is 47.5 Å². The SMILES string of the molecule is CCCCCCCCCCCCCC[C@H](CCC)/C(=C/C(=O)O)C(=O)c1ccccc1. The number of Topliss-reactive ketones (excluding diaryl/α,β-unsaturated/α-hetero) is 1. The van der Waals surface area contributed by atoms with Gasteiger partial charge in [-0.05, 0) is 18.8 Å². The number of allylic oxidation sites excluding steroid dienone is 1. The van der Waals surface area contributed by atoms with Crippen LogP contribution in [0.25, 0.3) is 0 Å². The summed E-state index contributed by atoms with van der Waals surface area (Å²) in [6, 6.07) is 9.06. The van der Waals surface area contributed by atoms with Crippen molar-refractivity contribution in [1.29, 1.82) is 0 Å². The standard InChI is InChI=1S/C28H44O3/c1-3-5-6-7-8-9-10-11-12-13-14-16-20-24(19-4-2)26(23-27(29)30)28(31)25-21-17-15-18-22-25/h15,17-18,21-24H,3-14,16,19-20H2,1-2H3,(H,29,30)/b26-23-/t24-/m0/s1. The summed E-state index contributed by atoms with van der Waals surface area (Å²) in [6.45, 7) is 4.36. The van der Waals surface area contributed by atoms with E-state index in [0.29, 0.717) is 11.1 Å². The topological polar surface area (TPSA) is 54.4 Å². The van der Waals surface area contributed by atoms with Gasteiger partial charge in [0.25, 0.3) is 0 Å². The van der Waals surface area contributed by atoms with Crippen LogP contribution in [-0.2, 0) is 4.79 Å². The van der Waals surface area contributed by atoms with Gasteiger partial charge in [0.1, 0.15) is 0 Å². The fourth-order valence-electron chi connectivity index (χ4n) is 4.29. The van der Waals surface area contributed by atoms with E-state index in [2.05, 4.69) is 13.8 Å². The molecule has 31 heavy (non-hydrogen) atoms. The molecule has 0 heterocycles. The number of hydrogen-bond donors (Lipinski definition) is 1. The first kappa shape index (κ1) is 27.1. The number of benzene rings is 1. The van der Waals surface area contributed by atoms with Gasteiger partial charge < -0.3 is 5.11 Å². The summed E-state index contributed by atoms with van der Waals surface area (Å²) >= 11 is 0. The Balaban J connectivity index is 2.40. The molecule has 1 aromatic carbocycles. The number of rotatable bonds is 19. The Labute approximate surface area is 190 Å². The van der Waals surface area contributed by atoms with Gasteiger partial charge in [0.15, 0.2) is 5.78 Å². The average Bonchev–Trinajstić information content (AvgIpc) is 2.77. The van der Waals surface area contributed by atoms with E-state index in [4.69, 9.17) is 0 Å². The second kappa shape index (κ2) is 17.7. The number of unbranched alkanes of at least 4 members (excludes halogenated alkanes) is 11. The molecule has 0 bridgehead atoms. The van der Waals surface area contributed by atoms with Gasteiger partial charge in [-0.25, -0.2) is 4.79 Å². The quantitative estimate of drug-likeness (QED) is 0.137. The molecule has 0 aromatic heterocycles. The van der Waals surface area contributed by atoms with Crippen LogP contribution in [0, 0.1) is 5.92 Å². The van der Waals surface area contributed by atoms with Crippen molar-refractivity contribution in [2.45, 2.75) is 110 Å². The Morgan fingerprint density at radius 3 is 1.74 bits per heavy atom. The van der Waals surface area contributed by atoms with Crippen molar-refractivity contribution in [3.8, 4) is 0 Å².